The molecular formula is C11H14ClNO2. The number of carbonyl (C=O) groups is 1. The first-order chi connectivity index (χ1) is 6.90. The van der Waals surface area contributed by atoms with Crippen molar-refractivity contribution in [3.63, 3.8) is 0 Å². The van der Waals surface area contributed by atoms with Crippen molar-refractivity contribution in [2.45, 2.75) is 26.4 Å². The number of hydrogen-bond acceptors (Lipinski definition) is 2. The standard InChI is InChI=1S/C11H14ClNO2/c1-11(2,3)15-13-10(14)8-6-4-5-7-9(8)12/h4-7H,1-3H3,(H,13,14). The molecule has 0 radical (unpaired) electrons. The summed E-state index contributed by atoms with van der Waals surface area (Å²) in [6, 6.07) is 6.82. The summed E-state index contributed by atoms with van der Waals surface area (Å²) in [5.74, 6) is -0.337. The van der Waals surface area contributed by atoms with Crippen molar-refractivity contribution in [3.8, 4) is 0 Å². The zero-order chi connectivity index (χ0) is 11.5. The van der Waals surface area contributed by atoms with E-state index in [0.717, 1.165) is 0 Å². The second-order valence-corrected chi connectivity index (χ2v) is 4.53. The highest BCUT2D eigenvalue weighted by atomic mass is 35.5. The molecule has 1 N–H and O–H groups in total. The minimum atomic E-state index is -0.420. The first-order valence-electron chi connectivity index (χ1n) is 4.63. The zero-order valence-corrected chi connectivity index (χ0v) is 9.76. The van der Waals surface area contributed by atoms with Gasteiger partial charge in [0.1, 0.15) is 0 Å². The summed E-state index contributed by atoms with van der Waals surface area (Å²) in [7, 11) is 0. The van der Waals surface area contributed by atoms with Crippen LogP contribution in [-0.2, 0) is 4.84 Å². The summed E-state index contributed by atoms with van der Waals surface area (Å²) in [6.07, 6.45) is 0. The molecule has 0 aromatic heterocycles. The Labute approximate surface area is 94.3 Å². The van der Waals surface area contributed by atoms with Crippen LogP contribution in [0.5, 0.6) is 0 Å². The predicted octanol–water partition coefficient (Wildman–Crippen LogP) is 2.80. The van der Waals surface area contributed by atoms with Crippen LogP contribution in [0.1, 0.15) is 31.1 Å². The van der Waals surface area contributed by atoms with Crippen molar-refractivity contribution in [2.75, 3.05) is 0 Å². The Morgan fingerprint density at radius 3 is 2.47 bits per heavy atom. The molecule has 1 aromatic carbocycles. The summed E-state index contributed by atoms with van der Waals surface area (Å²) < 4.78 is 0. The molecule has 0 spiro atoms. The van der Waals surface area contributed by atoms with E-state index in [2.05, 4.69) is 5.48 Å². The highest BCUT2D eigenvalue weighted by Crippen LogP contribution is 2.15. The maximum atomic E-state index is 11.6. The van der Waals surface area contributed by atoms with E-state index in [0.29, 0.717) is 10.6 Å². The fraction of sp³-hybridized carbons (Fsp3) is 0.364. The fourth-order valence-corrected chi connectivity index (χ4v) is 1.12. The summed E-state index contributed by atoms with van der Waals surface area (Å²) in [5.41, 5.74) is 2.34. The second-order valence-electron chi connectivity index (χ2n) is 4.13. The highest BCUT2D eigenvalue weighted by Gasteiger charge is 2.15. The first kappa shape index (κ1) is 12.0. The zero-order valence-electron chi connectivity index (χ0n) is 9.00. The van der Waals surface area contributed by atoms with E-state index in [1.165, 1.54) is 0 Å². The molecule has 0 aliphatic heterocycles. The molecule has 0 saturated heterocycles. The molecule has 0 heterocycles. The highest BCUT2D eigenvalue weighted by molar-refractivity contribution is 6.33. The van der Waals surface area contributed by atoms with Gasteiger partial charge in [-0.3, -0.25) is 9.63 Å². The van der Waals surface area contributed by atoms with E-state index in [-0.39, 0.29) is 5.91 Å². The van der Waals surface area contributed by atoms with Gasteiger partial charge in [-0.2, -0.15) is 0 Å². The van der Waals surface area contributed by atoms with Gasteiger partial charge in [0.2, 0.25) is 0 Å². The van der Waals surface area contributed by atoms with Crippen molar-refractivity contribution >= 4 is 17.5 Å². The lowest BCUT2D eigenvalue weighted by Gasteiger charge is -2.19. The quantitative estimate of drug-likeness (QED) is 0.789. The third kappa shape index (κ3) is 3.90. The molecule has 0 atom stereocenters. The number of carbonyl (C=O) groups excluding carboxylic acids is 1. The van der Waals surface area contributed by atoms with Crippen LogP contribution in [0.25, 0.3) is 0 Å². The van der Waals surface area contributed by atoms with E-state index in [1.807, 2.05) is 20.8 Å². The molecule has 82 valence electrons. The minimum absolute atomic E-state index is 0.337. The largest absolute Gasteiger partial charge is 0.276 e. The summed E-state index contributed by atoms with van der Waals surface area (Å²) in [5, 5.41) is 0.410. The van der Waals surface area contributed by atoms with Crippen LogP contribution in [0.3, 0.4) is 0 Å². The minimum Gasteiger partial charge on any atom is -0.268 e. The van der Waals surface area contributed by atoms with Crippen LogP contribution in [-0.4, -0.2) is 11.5 Å². The Balaban J connectivity index is 2.66. The molecule has 0 aliphatic rings. The fourth-order valence-electron chi connectivity index (χ4n) is 0.900. The molecule has 0 unspecified atom stereocenters. The van der Waals surface area contributed by atoms with E-state index < -0.39 is 5.60 Å². The van der Waals surface area contributed by atoms with Crippen LogP contribution in [0.4, 0.5) is 0 Å². The van der Waals surface area contributed by atoms with Crippen LogP contribution < -0.4 is 5.48 Å². The number of hydrogen-bond donors (Lipinski definition) is 1. The van der Waals surface area contributed by atoms with Crippen LogP contribution >= 0.6 is 11.6 Å². The van der Waals surface area contributed by atoms with E-state index >= 15 is 0 Å². The van der Waals surface area contributed by atoms with Crippen molar-refractivity contribution in [1.82, 2.24) is 5.48 Å². The van der Waals surface area contributed by atoms with Gasteiger partial charge in [-0.25, -0.2) is 5.48 Å². The van der Waals surface area contributed by atoms with Gasteiger partial charge in [0.25, 0.3) is 5.91 Å². The van der Waals surface area contributed by atoms with Gasteiger partial charge < -0.3 is 0 Å². The molecular weight excluding hydrogens is 214 g/mol. The molecule has 3 nitrogen and oxygen atoms in total. The Hall–Kier alpha value is -1.06. The summed E-state index contributed by atoms with van der Waals surface area (Å²) in [4.78, 5) is 16.7. The first-order valence-corrected chi connectivity index (χ1v) is 5.01. The Morgan fingerprint density at radius 1 is 1.33 bits per heavy atom. The molecule has 0 fully saturated rings. The molecule has 0 bridgehead atoms. The van der Waals surface area contributed by atoms with Gasteiger partial charge in [0.05, 0.1) is 16.2 Å². The molecule has 1 amide bonds. The number of amides is 1. The van der Waals surface area contributed by atoms with Gasteiger partial charge in [0, 0.05) is 0 Å². The third-order valence-electron chi connectivity index (χ3n) is 1.57. The molecule has 1 rings (SSSR count). The molecule has 4 heteroatoms. The smallest absolute Gasteiger partial charge is 0.268 e. The monoisotopic (exact) mass is 227 g/mol. The number of benzene rings is 1. The summed E-state index contributed by atoms with van der Waals surface area (Å²) in [6.45, 7) is 5.54. The predicted molar refractivity (Wildman–Crippen MR) is 59.8 cm³/mol. The lowest BCUT2D eigenvalue weighted by molar-refractivity contribution is -0.0589. The third-order valence-corrected chi connectivity index (χ3v) is 1.90. The lowest BCUT2D eigenvalue weighted by Crippen LogP contribution is -2.33. The van der Waals surface area contributed by atoms with Crippen molar-refractivity contribution < 1.29 is 9.63 Å². The lowest BCUT2D eigenvalue weighted by atomic mass is 10.2. The van der Waals surface area contributed by atoms with Gasteiger partial charge >= 0.3 is 0 Å². The Morgan fingerprint density at radius 2 is 1.93 bits per heavy atom. The Bertz CT molecular complexity index is 358. The van der Waals surface area contributed by atoms with Crippen molar-refractivity contribution in [3.05, 3.63) is 34.9 Å². The average molecular weight is 228 g/mol. The van der Waals surface area contributed by atoms with Gasteiger partial charge in [-0.1, -0.05) is 23.7 Å². The van der Waals surface area contributed by atoms with Crippen molar-refractivity contribution in [2.24, 2.45) is 0 Å². The molecule has 0 saturated carbocycles. The molecule has 1 aromatic rings. The topological polar surface area (TPSA) is 38.3 Å². The van der Waals surface area contributed by atoms with Crippen molar-refractivity contribution in [1.29, 1.82) is 0 Å². The number of nitrogens with one attached hydrogen (secondary N) is 1. The maximum absolute atomic E-state index is 11.6. The van der Waals surface area contributed by atoms with E-state index in [4.69, 9.17) is 16.4 Å². The maximum Gasteiger partial charge on any atom is 0.276 e. The number of hydroxylamine groups is 1. The average Bonchev–Trinajstić information content (AvgIpc) is 2.14. The second kappa shape index (κ2) is 4.64. The number of rotatable bonds is 2. The van der Waals surface area contributed by atoms with Gasteiger partial charge in [-0.05, 0) is 32.9 Å². The van der Waals surface area contributed by atoms with Gasteiger partial charge in [0.15, 0.2) is 0 Å². The normalized spacial score (nSPS) is 11.2. The SMILES string of the molecule is CC(C)(C)ONC(=O)c1ccccc1Cl. The van der Waals surface area contributed by atoms with E-state index in [9.17, 15) is 4.79 Å². The summed E-state index contributed by atoms with van der Waals surface area (Å²) >= 11 is 5.85. The van der Waals surface area contributed by atoms with E-state index in [1.54, 1.807) is 24.3 Å². The van der Waals surface area contributed by atoms with Crippen LogP contribution in [0.15, 0.2) is 24.3 Å². The Kier molecular flexibility index (Phi) is 3.72. The van der Waals surface area contributed by atoms with Crippen LogP contribution in [0.2, 0.25) is 5.02 Å². The molecule has 15 heavy (non-hydrogen) atoms. The van der Waals surface area contributed by atoms with Crippen LogP contribution in [0, 0.1) is 0 Å². The van der Waals surface area contributed by atoms with Gasteiger partial charge in [-0.15, -0.1) is 0 Å². The number of halogens is 1. The molecule has 0 aliphatic carbocycles.